The van der Waals surface area contributed by atoms with Crippen molar-refractivity contribution in [1.29, 1.82) is 0 Å². The number of piperidine rings is 1. The van der Waals surface area contributed by atoms with Gasteiger partial charge in [0.15, 0.2) is 5.58 Å². The van der Waals surface area contributed by atoms with E-state index < -0.39 is 0 Å². The predicted molar refractivity (Wildman–Crippen MR) is 91.6 cm³/mol. The quantitative estimate of drug-likeness (QED) is 0.824. The first-order valence-electron chi connectivity index (χ1n) is 8.96. The van der Waals surface area contributed by atoms with Gasteiger partial charge >= 0.3 is 0 Å². The van der Waals surface area contributed by atoms with Crippen LogP contribution in [0.2, 0.25) is 0 Å². The summed E-state index contributed by atoms with van der Waals surface area (Å²) in [6.45, 7) is 7.77. The summed E-state index contributed by atoms with van der Waals surface area (Å²) in [5.74, 6) is 0.966. The number of aromatic nitrogens is 2. The van der Waals surface area contributed by atoms with E-state index in [1.807, 2.05) is 12.1 Å². The molecule has 4 saturated heterocycles. The number of nitrogens with zero attached hydrogens (tertiary/aromatic N) is 5. The third-order valence-corrected chi connectivity index (χ3v) is 5.46. The third-order valence-electron chi connectivity index (χ3n) is 5.46. The Labute approximate surface area is 141 Å². The summed E-state index contributed by atoms with van der Waals surface area (Å²) in [5.41, 5.74) is 1.49. The van der Waals surface area contributed by atoms with Crippen molar-refractivity contribution in [1.82, 2.24) is 14.9 Å². The highest BCUT2D eigenvalue weighted by Crippen LogP contribution is 2.29. The molecule has 4 fully saturated rings. The Kier molecular flexibility index (Phi) is 3.56. The Balaban J connectivity index is 1.44. The number of rotatable bonds is 2. The molecular weight excluding hydrogens is 306 g/mol. The molecule has 0 spiro atoms. The fourth-order valence-electron chi connectivity index (χ4n) is 4.03. The Hall–Kier alpha value is -1.86. The van der Waals surface area contributed by atoms with Crippen LogP contribution in [0.5, 0.6) is 0 Å². The maximum Gasteiger partial charge on any atom is 0.300 e. The van der Waals surface area contributed by atoms with E-state index >= 15 is 0 Å². The second-order valence-electron chi connectivity index (χ2n) is 6.85. The van der Waals surface area contributed by atoms with Crippen LogP contribution in [0.25, 0.3) is 11.2 Å². The van der Waals surface area contributed by atoms with E-state index in [0.717, 1.165) is 56.8 Å². The molecule has 4 aliphatic rings. The van der Waals surface area contributed by atoms with Crippen LogP contribution in [0.1, 0.15) is 12.8 Å². The van der Waals surface area contributed by atoms with Crippen molar-refractivity contribution in [3.63, 3.8) is 0 Å². The maximum absolute atomic E-state index is 6.05. The molecule has 0 aromatic carbocycles. The summed E-state index contributed by atoms with van der Waals surface area (Å²) in [5, 5.41) is 0. The Morgan fingerprint density at radius 3 is 2.58 bits per heavy atom. The number of morpholine rings is 1. The van der Waals surface area contributed by atoms with Crippen LogP contribution < -0.4 is 9.80 Å². The minimum Gasteiger partial charge on any atom is -0.422 e. The Morgan fingerprint density at radius 2 is 1.75 bits per heavy atom. The number of fused-ring (bicyclic) bond motifs is 5. The molecule has 7 heteroatoms. The van der Waals surface area contributed by atoms with Crippen LogP contribution in [-0.4, -0.2) is 73.4 Å². The number of oxazole rings is 1. The first kappa shape index (κ1) is 14.5. The van der Waals surface area contributed by atoms with E-state index in [-0.39, 0.29) is 0 Å². The van der Waals surface area contributed by atoms with Crippen LogP contribution in [-0.2, 0) is 4.74 Å². The second kappa shape index (κ2) is 5.89. The van der Waals surface area contributed by atoms with Gasteiger partial charge in [0.1, 0.15) is 5.82 Å². The normalized spacial score (nSPS) is 27.7. The molecule has 0 unspecified atom stereocenters. The smallest absolute Gasteiger partial charge is 0.300 e. The van der Waals surface area contributed by atoms with Gasteiger partial charge in [-0.15, -0.1) is 0 Å². The van der Waals surface area contributed by atoms with Gasteiger partial charge in [0, 0.05) is 45.3 Å². The molecule has 0 aliphatic carbocycles. The van der Waals surface area contributed by atoms with Gasteiger partial charge in [-0.2, -0.15) is 4.98 Å². The summed E-state index contributed by atoms with van der Waals surface area (Å²) in [6, 6.07) is 5.32. The van der Waals surface area contributed by atoms with Gasteiger partial charge in [-0.25, -0.2) is 4.98 Å². The van der Waals surface area contributed by atoms with E-state index in [2.05, 4.69) is 14.7 Å². The summed E-state index contributed by atoms with van der Waals surface area (Å²) in [7, 11) is 0. The average Bonchev–Trinajstić information content (AvgIpc) is 2.82. The number of ether oxygens (including phenoxy) is 1. The summed E-state index contributed by atoms with van der Waals surface area (Å²) in [4.78, 5) is 16.6. The largest absolute Gasteiger partial charge is 0.422 e. The molecule has 2 bridgehead atoms. The van der Waals surface area contributed by atoms with Crippen LogP contribution in [0.15, 0.2) is 16.5 Å². The Morgan fingerprint density at radius 1 is 0.917 bits per heavy atom. The summed E-state index contributed by atoms with van der Waals surface area (Å²) >= 11 is 0. The topological polar surface area (TPSA) is 57.9 Å². The van der Waals surface area contributed by atoms with Crippen molar-refractivity contribution < 1.29 is 9.15 Å². The van der Waals surface area contributed by atoms with Crippen molar-refractivity contribution in [3.05, 3.63) is 12.1 Å². The number of hydrogen-bond acceptors (Lipinski definition) is 7. The van der Waals surface area contributed by atoms with Gasteiger partial charge in [0.05, 0.1) is 13.2 Å². The molecule has 24 heavy (non-hydrogen) atoms. The van der Waals surface area contributed by atoms with E-state index in [4.69, 9.17) is 19.1 Å². The van der Waals surface area contributed by atoms with Crippen molar-refractivity contribution in [2.75, 3.05) is 62.3 Å². The van der Waals surface area contributed by atoms with Gasteiger partial charge in [-0.1, -0.05) is 0 Å². The minimum absolute atomic E-state index is 0.551. The molecule has 0 radical (unpaired) electrons. The van der Waals surface area contributed by atoms with Crippen LogP contribution >= 0.6 is 0 Å². The SMILES string of the molecule is c1cc2oc(N3CCN4CCC3CC4)nc2nc1N1CCOCC1. The average molecular weight is 329 g/mol. The minimum atomic E-state index is 0.551. The maximum atomic E-state index is 6.05. The monoisotopic (exact) mass is 329 g/mol. The Bertz CT molecular complexity index is 719. The number of anilines is 2. The molecule has 2 aromatic heterocycles. The van der Waals surface area contributed by atoms with E-state index in [0.29, 0.717) is 11.7 Å². The zero-order chi connectivity index (χ0) is 15.9. The lowest BCUT2D eigenvalue weighted by atomic mass is 10.1. The van der Waals surface area contributed by atoms with E-state index in [1.54, 1.807) is 0 Å². The summed E-state index contributed by atoms with van der Waals surface area (Å²) in [6.07, 6.45) is 2.40. The molecule has 128 valence electrons. The van der Waals surface area contributed by atoms with Crippen molar-refractivity contribution in [2.45, 2.75) is 18.9 Å². The highest BCUT2D eigenvalue weighted by atomic mass is 16.5. The molecular formula is C17H23N5O2. The molecule has 0 N–H and O–H groups in total. The van der Waals surface area contributed by atoms with Gasteiger partial charge < -0.3 is 23.9 Å². The van der Waals surface area contributed by atoms with Crippen molar-refractivity contribution >= 4 is 23.1 Å². The zero-order valence-corrected chi connectivity index (χ0v) is 13.9. The fourth-order valence-corrected chi connectivity index (χ4v) is 4.03. The van der Waals surface area contributed by atoms with Crippen LogP contribution in [0, 0.1) is 0 Å². The van der Waals surface area contributed by atoms with Gasteiger partial charge in [0.25, 0.3) is 6.01 Å². The van der Waals surface area contributed by atoms with Crippen molar-refractivity contribution in [2.24, 2.45) is 0 Å². The molecule has 4 aliphatic heterocycles. The highest BCUT2D eigenvalue weighted by molar-refractivity contribution is 5.72. The first-order chi connectivity index (χ1) is 11.9. The van der Waals surface area contributed by atoms with Gasteiger partial charge in [-0.05, 0) is 25.0 Å². The lowest BCUT2D eigenvalue weighted by molar-refractivity contribution is 0.122. The predicted octanol–water partition coefficient (Wildman–Crippen LogP) is 1.34. The van der Waals surface area contributed by atoms with Crippen LogP contribution in [0.3, 0.4) is 0 Å². The standard InChI is InChI=1S/C17H23N5O2/c1-2-15(21-9-11-23-12-10-21)18-16-14(1)24-17(19-16)22-8-7-20-5-3-13(22)4-6-20/h1-2,13H,3-12H2. The molecule has 0 amide bonds. The molecule has 6 heterocycles. The highest BCUT2D eigenvalue weighted by Gasteiger charge is 2.31. The molecule has 6 rings (SSSR count). The number of pyridine rings is 1. The van der Waals surface area contributed by atoms with Gasteiger partial charge in [-0.3, -0.25) is 0 Å². The lowest BCUT2D eigenvalue weighted by Gasteiger charge is -2.30. The second-order valence-corrected chi connectivity index (χ2v) is 6.85. The molecule has 0 atom stereocenters. The van der Waals surface area contributed by atoms with Crippen LogP contribution in [0.4, 0.5) is 11.8 Å². The fraction of sp³-hybridized carbons (Fsp3) is 0.647. The van der Waals surface area contributed by atoms with Gasteiger partial charge in [0.2, 0.25) is 5.65 Å². The molecule has 0 saturated carbocycles. The number of hydrogen-bond donors (Lipinski definition) is 0. The van der Waals surface area contributed by atoms with E-state index in [9.17, 15) is 0 Å². The lowest BCUT2D eigenvalue weighted by Crippen LogP contribution is -2.38. The first-order valence-corrected chi connectivity index (χ1v) is 8.96. The molecule has 2 aromatic rings. The molecule has 7 nitrogen and oxygen atoms in total. The van der Waals surface area contributed by atoms with Crippen molar-refractivity contribution in [3.8, 4) is 0 Å². The zero-order valence-electron chi connectivity index (χ0n) is 13.9. The summed E-state index contributed by atoms with van der Waals surface area (Å²) < 4.78 is 11.5. The third kappa shape index (κ3) is 2.52. The van der Waals surface area contributed by atoms with E-state index in [1.165, 1.54) is 25.9 Å².